The molecule has 182 valence electrons. The van der Waals surface area contributed by atoms with Crippen LogP contribution in [0.2, 0.25) is 0 Å². The second-order valence-corrected chi connectivity index (χ2v) is 9.64. The monoisotopic (exact) mass is 494 g/mol. The fourth-order valence-corrected chi connectivity index (χ4v) is 4.80. The standard InChI is InChI=1S/C25H26N4O5S/c1-34-23-11-5-4-10-22(23)28-35(32,33)19-14-12-18(13-15-19)24(30)26-20-8-2-3-9-21(20)27-25(31)29-16-6-7-17-29/h2-5,8-15,28H,6-7,16-17H2,1H3,(H,26,30)(H,27,31). The summed E-state index contributed by atoms with van der Waals surface area (Å²) in [6.45, 7) is 1.42. The Bertz CT molecular complexity index is 1320. The molecule has 1 saturated heterocycles. The average molecular weight is 495 g/mol. The molecule has 1 fully saturated rings. The van der Waals surface area contributed by atoms with Gasteiger partial charge >= 0.3 is 6.03 Å². The van der Waals surface area contributed by atoms with Gasteiger partial charge in [0.05, 0.1) is 29.1 Å². The van der Waals surface area contributed by atoms with Crippen molar-refractivity contribution in [3.8, 4) is 5.75 Å². The number of likely N-dealkylation sites (tertiary alicyclic amines) is 1. The summed E-state index contributed by atoms with van der Waals surface area (Å²) < 4.78 is 33.3. The molecule has 3 amide bonds. The minimum absolute atomic E-state index is 0.00164. The number of methoxy groups -OCH3 is 1. The third-order valence-corrected chi connectivity index (χ3v) is 6.97. The smallest absolute Gasteiger partial charge is 0.321 e. The first kappa shape index (κ1) is 24.1. The number of carbonyl (C=O) groups excluding carboxylic acids is 2. The third kappa shape index (κ3) is 5.72. The predicted octanol–water partition coefficient (Wildman–Crippen LogP) is 4.38. The van der Waals surface area contributed by atoms with Gasteiger partial charge in [0.2, 0.25) is 0 Å². The number of anilines is 3. The summed E-state index contributed by atoms with van der Waals surface area (Å²) in [5.74, 6) is -0.0444. The van der Waals surface area contributed by atoms with E-state index in [0.717, 1.165) is 12.8 Å². The molecule has 3 aromatic rings. The number of urea groups is 1. The fraction of sp³-hybridized carbons (Fsp3) is 0.200. The number of hydrogen-bond acceptors (Lipinski definition) is 5. The van der Waals surface area contributed by atoms with Crippen molar-refractivity contribution in [3.05, 3.63) is 78.4 Å². The van der Waals surface area contributed by atoms with Gasteiger partial charge in [-0.15, -0.1) is 0 Å². The summed E-state index contributed by atoms with van der Waals surface area (Å²) in [5, 5.41) is 5.63. The lowest BCUT2D eigenvalue weighted by Crippen LogP contribution is -2.32. The maximum Gasteiger partial charge on any atom is 0.321 e. The first-order valence-corrected chi connectivity index (χ1v) is 12.6. The number of para-hydroxylation sites is 4. The molecule has 1 heterocycles. The van der Waals surface area contributed by atoms with E-state index in [4.69, 9.17) is 4.74 Å². The minimum Gasteiger partial charge on any atom is -0.495 e. The number of benzene rings is 3. The molecule has 0 radical (unpaired) electrons. The van der Waals surface area contributed by atoms with Crippen LogP contribution in [0.25, 0.3) is 0 Å². The minimum atomic E-state index is -3.89. The van der Waals surface area contributed by atoms with Gasteiger partial charge < -0.3 is 20.3 Å². The molecule has 0 unspecified atom stereocenters. The highest BCUT2D eigenvalue weighted by atomic mass is 32.2. The molecule has 0 aliphatic carbocycles. The maximum atomic E-state index is 12.8. The lowest BCUT2D eigenvalue weighted by Gasteiger charge is -2.18. The zero-order valence-electron chi connectivity index (χ0n) is 19.2. The topological polar surface area (TPSA) is 117 Å². The molecule has 0 saturated carbocycles. The largest absolute Gasteiger partial charge is 0.495 e. The SMILES string of the molecule is COc1ccccc1NS(=O)(=O)c1ccc(C(=O)Nc2ccccc2NC(=O)N2CCCC2)cc1. The summed E-state index contributed by atoms with van der Waals surface area (Å²) in [6, 6.07) is 19.0. The zero-order valence-corrected chi connectivity index (χ0v) is 20.0. The van der Waals surface area contributed by atoms with Gasteiger partial charge in [-0.1, -0.05) is 24.3 Å². The van der Waals surface area contributed by atoms with Crippen LogP contribution >= 0.6 is 0 Å². The lowest BCUT2D eigenvalue weighted by atomic mass is 10.2. The Kier molecular flexibility index (Phi) is 7.21. The number of nitrogens with one attached hydrogen (secondary N) is 3. The molecule has 4 rings (SSSR count). The van der Waals surface area contributed by atoms with E-state index in [1.807, 2.05) is 0 Å². The van der Waals surface area contributed by atoms with E-state index in [-0.39, 0.29) is 16.5 Å². The van der Waals surface area contributed by atoms with E-state index in [0.29, 0.717) is 35.9 Å². The van der Waals surface area contributed by atoms with Crippen LogP contribution in [0.4, 0.5) is 21.9 Å². The lowest BCUT2D eigenvalue weighted by molar-refractivity contribution is 0.102. The Balaban J connectivity index is 1.45. The first-order chi connectivity index (χ1) is 16.9. The van der Waals surface area contributed by atoms with Crippen molar-refractivity contribution in [2.75, 3.05) is 35.6 Å². The Morgan fingerprint density at radius 2 is 1.37 bits per heavy atom. The van der Waals surface area contributed by atoms with Crippen LogP contribution in [0.5, 0.6) is 5.75 Å². The molecule has 9 nitrogen and oxygen atoms in total. The number of sulfonamides is 1. The molecule has 3 aromatic carbocycles. The summed E-state index contributed by atoms with van der Waals surface area (Å²) >= 11 is 0. The van der Waals surface area contributed by atoms with Crippen LogP contribution in [0, 0.1) is 0 Å². The number of rotatable bonds is 7. The molecule has 0 atom stereocenters. The average Bonchev–Trinajstić information content (AvgIpc) is 3.41. The van der Waals surface area contributed by atoms with Gasteiger partial charge in [-0.25, -0.2) is 13.2 Å². The summed E-state index contributed by atoms with van der Waals surface area (Å²) in [5.41, 5.74) is 1.50. The molecule has 35 heavy (non-hydrogen) atoms. The second-order valence-electron chi connectivity index (χ2n) is 7.95. The van der Waals surface area contributed by atoms with Crippen molar-refractivity contribution >= 4 is 39.0 Å². The molecule has 3 N–H and O–H groups in total. The van der Waals surface area contributed by atoms with Crippen LogP contribution in [-0.4, -0.2) is 45.5 Å². The molecule has 0 spiro atoms. The third-order valence-electron chi connectivity index (χ3n) is 5.59. The molecule has 1 aliphatic heterocycles. The van der Waals surface area contributed by atoms with Crippen LogP contribution < -0.4 is 20.1 Å². The summed E-state index contributed by atoms with van der Waals surface area (Å²) in [7, 11) is -2.43. The number of nitrogens with zero attached hydrogens (tertiary/aromatic N) is 1. The zero-order chi connectivity index (χ0) is 24.8. The van der Waals surface area contributed by atoms with E-state index < -0.39 is 15.9 Å². The van der Waals surface area contributed by atoms with Crippen molar-refractivity contribution in [1.82, 2.24) is 4.90 Å². The number of hydrogen-bond donors (Lipinski definition) is 3. The van der Waals surface area contributed by atoms with E-state index >= 15 is 0 Å². The highest BCUT2D eigenvalue weighted by Crippen LogP contribution is 2.27. The molecule has 0 bridgehead atoms. The molecular weight excluding hydrogens is 468 g/mol. The van der Waals surface area contributed by atoms with E-state index in [1.54, 1.807) is 53.4 Å². The Labute approximate surface area is 204 Å². The van der Waals surface area contributed by atoms with Crippen molar-refractivity contribution in [3.63, 3.8) is 0 Å². The van der Waals surface area contributed by atoms with Gasteiger partial charge in [0.1, 0.15) is 5.75 Å². The van der Waals surface area contributed by atoms with Crippen LogP contribution in [-0.2, 0) is 10.0 Å². The maximum absolute atomic E-state index is 12.8. The second kappa shape index (κ2) is 10.5. The molecular formula is C25H26N4O5S. The molecule has 0 aromatic heterocycles. The quantitative estimate of drug-likeness (QED) is 0.451. The van der Waals surface area contributed by atoms with E-state index in [1.165, 1.54) is 31.4 Å². The summed E-state index contributed by atoms with van der Waals surface area (Å²) in [6.07, 6.45) is 1.96. The number of carbonyl (C=O) groups is 2. The summed E-state index contributed by atoms with van der Waals surface area (Å²) in [4.78, 5) is 27.0. The van der Waals surface area contributed by atoms with Crippen molar-refractivity contribution in [2.45, 2.75) is 17.7 Å². The van der Waals surface area contributed by atoms with Gasteiger partial charge in [-0.2, -0.15) is 0 Å². The Morgan fingerprint density at radius 3 is 2.00 bits per heavy atom. The Hall–Kier alpha value is -4.05. The van der Waals surface area contributed by atoms with Gasteiger partial charge in [0, 0.05) is 18.7 Å². The fourth-order valence-electron chi connectivity index (χ4n) is 3.73. The van der Waals surface area contributed by atoms with Crippen molar-refractivity contribution in [1.29, 1.82) is 0 Å². The van der Waals surface area contributed by atoms with Gasteiger partial charge in [0.25, 0.3) is 15.9 Å². The normalized spacial score (nSPS) is 13.2. The van der Waals surface area contributed by atoms with Gasteiger partial charge in [-0.05, 0) is 61.4 Å². The van der Waals surface area contributed by atoms with Crippen molar-refractivity contribution < 1.29 is 22.7 Å². The van der Waals surface area contributed by atoms with Crippen LogP contribution in [0.3, 0.4) is 0 Å². The number of ether oxygens (including phenoxy) is 1. The predicted molar refractivity (Wildman–Crippen MR) is 134 cm³/mol. The van der Waals surface area contributed by atoms with Crippen LogP contribution in [0.15, 0.2) is 77.7 Å². The highest BCUT2D eigenvalue weighted by Gasteiger charge is 2.20. The van der Waals surface area contributed by atoms with Gasteiger partial charge in [-0.3, -0.25) is 9.52 Å². The van der Waals surface area contributed by atoms with Crippen LogP contribution in [0.1, 0.15) is 23.2 Å². The molecule has 10 heteroatoms. The first-order valence-electron chi connectivity index (χ1n) is 11.1. The number of amides is 3. The van der Waals surface area contributed by atoms with E-state index in [2.05, 4.69) is 15.4 Å². The van der Waals surface area contributed by atoms with Gasteiger partial charge in [0.15, 0.2) is 0 Å². The van der Waals surface area contributed by atoms with Crippen molar-refractivity contribution in [2.24, 2.45) is 0 Å². The van der Waals surface area contributed by atoms with E-state index in [9.17, 15) is 18.0 Å². The highest BCUT2D eigenvalue weighted by molar-refractivity contribution is 7.92. The molecule has 1 aliphatic rings. The Morgan fingerprint density at radius 1 is 0.800 bits per heavy atom.